The zero-order valence-corrected chi connectivity index (χ0v) is 16.8. The molecule has 0 saturated carbocycles. The molecule has 0 spiro atoms. The number of hydrogen-bond acceptors (Lipinski definition) is 2. The van der Waals surface area contributed by atoms with Crippen molar-refractivity contribution in [3.05, 3.63) is 92.9 Å². The lowest BCUT2D eigenvalue weighted by molar-refractivity contribution is -0.115. The highest BCUT2D eigenvalue weighted by molar-refractivity contribution is 6.37. The Morgan fingerprint density at radius 2 is 1.39 bits per heavy atom. The fraction of sp³-hybridized carbons (Fsp3) is 0.0476. The Balaban J connectivity index is 1.65. The molecule has 0 atom stereocenters. The summed E-state index contributed by atoms with van der Waals surface area (Å²) in [5.74, 6) is -0.544. The van der Waals surface area contributed by atoms with E-state index in [9.17, 15) is 9.59 Å². The normalized spacial score (nSPS) is 10.4. The van der Waals surface area contributed by atoms with E-state index in [4.69, 9.17) is 34.8 Å². The van der Waals surface area contributed by atoms with Crippen LogP contribution in [0.15, 0.2) is 66.7 Å². The van der Waals surface area contributed by atoms with Gasteiger partial charge in [0.2, 0.25) is 5.91 Å². The summed E-state index contributed by atoms with van der Waals surface area (Å²) in [6.45, 7) is 0. The molecule has 4 nitrogen and oxygen atoms in total. The molecular formula is C21H15Cl3N2O2. The molecule has 0 aliphatic heterocycles. The van der Waals surface area contributed by atoms with E-state index >= 15 is 0 Å². The second-order valence-corrected chi connectivity index (χ2v) is 7.29. The van der Waals surface area contributed by atoms with Gasteiger partial charge in [0.05, 0.1) is 17.0 Å². The molecule has 3 aromatic carbocycles. The van der Waals surface area contributed by atoms with Crippen molar-refractivity contribution in [3.63, 3.8) is 0 Å². The van der Waals surface area contributed by atoms with Crippen LogP contribution in [0, 0.1) is 0 Å². The molecule has 142 valence electrons. The van der Waals surface area contributed by atoms with Gasteiger partial charge in [0.1, 0.15) is 0 Å². The van der Waals surface area contributed by atoms with E-state index in [0.717, 1.165) is 5.56 Å². The van der Waals surface area contributed by atoms with Crippen molar-refractivity contribution < 1.29 is 9.59 Å². The smallest absolute Gasteiger partial charge is 0.257 e. The van der Waals surface area contributed by atoms with Gasteiger partial charge in [-0.2, -0.15) is 0 Å². The highest BCUT2D eigenvalue weighted by Crippen LogP contribution is 2.23. The van der Waals surface area contributed by atoms with Gasteiger partial charge in [-0.1, -0.05) is 53.0 Å². The van der Waals surface area contributed by atoms with Gasteiger partial charge in [-0.25, -0.2) is 0 Å². The summed E-state index contributed by atoms with van der Waals surface area (Å²) in [7, 11) is 0. The molecule has 2 amide bonds. The van der Waals surface area contributed by atoms with E-state index < -0.39 is 0 Å². The van der Waals surface area contributed by atoms with Crippen molar-refractivity contribution in [1.82, 2.24) is 0 Å². The Morgan fingerprint density at radius 3 is 2.07 bits per heavy atom. The lowest BCUT2D eigenvalue weighted by Gasteiger charge is -2.10. The maximum atomic E-state index is 12.4. The lowest BCUT2D eigenvalue weighted by atomic mass is 10.1. The third kappa shape index (κ3) is 5.49. The molecule has 0 heterocycles. The average Bonchev–Trinajstić information content (AvgIpc) is 2.63. The van der Waals surface area contributed by atoms with Crippen molar-refractivity contribution in [2.24, 2.45) is 0 Å². The highest BCUT2D eigenvalue weighted by Gasteiger charge is 2.12. The number of halogens is 3. The summed E-state index contributed by atoms with van der Waals surface area (Å²) < 4.78 is 0. The minimum Gasteiger partial charge on any atom is -0.326 e. The van der Waals surface area contributed by atoms with Crippen LogP contribution in [-0.2, 0) is 11.2 Å². The molecule has 0 radical (unpaired) electrons. The number of rotatable bonds is 5. The van der Waals surface area contributed by atoms with Gasteiger partial charge in [0.15, 0.2) is 0 Å². The Hall–Kier alpha value is -2.53. The van der Waals surface area contributed by atoms with Crippen LogP contribution in [0.25, 0.3) is 0 Å². The molecule has 7 heteroatoms. The zero-order valence-electron chi connectivity index (χ0n) is 14.5. The van der Waals surface area contributed by atoms with Crippen molar-refractivity contribution in [2.45, 2.75) is 6.42 Å². The highest BCUT2D eigenvalue weighted by atomic mass is 35.5. The minimum absolute atomic E-state index is 0.174. The lowest BCUT2D eigenvalue weighted by Crippen LogP contribution is -2.15. The molecule has 2 N–H and O–H groups in total. The third-order valence-electron chi connectivity index (χ3n) is 3.86. The molecule has 3 rings (SSSR count). The number of benzene rings is 3. The first kappa shape index (κ1) is 20.2. The van der Waals surface area contributed by atoms with E-state index in [2.05, 4.69) is 10.6 Å². The van der Waals surface area contributed by atoms with Gasteiger partial charge >= 0.3 is 0 Å². The molecule has 0 saturated heterocycles. The second-order valence-electron chi connectivity index (χ2n) is 6.01. The number of carbonyl (C=O) groups is 2. The van der Waals surface area contributed by atoms with Crippen LogP contribution in [0.5, 0.6) is 0 Å². The largest absolute Gasteiger partial charge is 0.326 e. The zero-order chi connectivity index (χ0) is 20.1. The topological polar surface area (TPSA) is 58.2 Å². The van der Waals surface area contributed by atoms with Crippen molar-refractivity contribution in [1.29, 1.82) is 0 Å². The predicted molar refractivity (Wildman–Crippen MR) is 115 cm³/mol. The monoisotopic (exact) mass is 432 g/mol. The van der Waals surface area contributed by atoms with Gasteiger partial charge in [0, 0.05) is 21.4 Å². The molecule has 0 unspecified atom stereocenters. The second kappa shape index (κ2) is 9.11. The summed E-state index contributed by atoms with van der Waals surface area (Å²) >= 11 is 17.8. The number of nitrogens with one attached hydrogen (secondary N) is 2. The average molecular weight is 434 g/mol. The predicted octanol–water partition coefficient (Wildman–Crippen LogP) is 6.08. The van der Waals surface area contributed by atoms with Crippen LogP contribution >= 0.6 is 34.8 Å². The van der Waals surface area contributed by atoms with Crippen LogP contribution in [0.1, 0.15) is 15.9 Å². The first-order chi connectivity index (χ1) is 13.4. The van der Waals surface area contributed by atoms with E-state index in [0.29, 0.717) is 27.0 Å². The summed E-state index contributed by atoms with van der Waals surface area (Å²) in [6, 6.07) is 18.6. The number of carbonyl (C=O) groups excluding carboxylic acids is 2. The van der Waals surface area contributed by atoms with Gasteiger partial charge in [-0.3, -0.25) is 9.59 Å². The van der Waals surface area contributed by atoms with E-state index in [-0.39, 0.29) is 23.3 Å². The maximum Gasteiger partial charge on any atom is 0.257 e. The Labute approximate surface area is 177 Å². The number of hydrogen-bond donors (Lipinski definition) is 2. The van der Waals surface area contributed by atoms with Gasteiger partial charge < -0.3 is 10.6 Å². The summed E-state index contributed by atoms with van der Waals surface area (Å²) in [6.07, 6.45) is 0.216. The van der Waals surface area contributed by atoms with Gasteiger partial charge in [-0.05, 0) is 54.1 Å². The van der Waals surface area contributed by atoms with Gasteiger partial charge in [-0.15, -0.1) is 0 Å². The molecule has 0 bridgehead atoms. The Kier molecular flexibility index (Phi) is 6.57. The number of amides is 2. The first-order valence-electron chi connectivity index (χ1n) is 8.31. The minimum atomic E-state index is -0.369. The van der Waals surface area contributed by atoms with E-state index in [1.54, 1.807) is 60.7 Å². The van der Waals surface area contributed by atoms with Crippen molar-refractivity contribution in [2.75, 3.05) is 10.6 Å². The quantitative estimate of drug-likeness (QED) is 0.512. The Bertz CT molecular complexity index is 1020. The van der Waals surface area contributed by atoms with Crippen LogP contribution in [0.2, 0.25) is 15.1 Å². The molecule has 0 aromatic heterocycles. The molecular weight excluding hydrogens is 419 g/mol. The van der Waals surface area contributed by atoms with Crippen molar-refractivity contribution in [3.8, 4) is 0 Å². The first-order valence-corrected chi connectivity index (χ1v) is 9.45. The summed E-state index contributed by atoms with van der Waals surface area (Å²) in [5.41, 5.74) is 2.26. The van der Waals surface area contributed by atoms with Crippen LogP contribution < -0.4 is 10.6 Å². The molecule has 0 aliphatic rings. The van der Waals surface area contributed by atoms with E-state index in [1.165, 1.54) is 6.07 Å². The molecule has 0 fully saturated rings. The van der Waals surface area contributed by atoms with Crippen LogP contribution in [0.4, 0.5) is 11.4 Å². The third-order valence-corrected chi connectivity index (χ3v) is 4.66. The molecule has 0 aliphatic carbocycles. The fourth-order valence-corrected chi connectivity index (χ4v) is 3.16. The number of anilines is 2. The van der Waals surface area contributed by atoms with Crippen LogP contribution in [0.3, 0.4) is 0 Å². The van der Waals surface area contributed by atoms with Crippen LogP contribution in [-0.4, -0.2) is 11.8 Å². The standard InChI is InChI=1S/C21H15Cl3N2O2/c22-14-6-4-13(5-7-14)10-20(27)25-16-2-1-3-17(12-16)26-21(28)18-9-8-15(23)11-19(18)24/h1-9,11-12H,10H2,(H,25,27)(H,26,28). The Morgan fingerprint density at radius 1 is 0.750 bits per heavy atom. The van der Waals surface area contributed by atoms with Gasteiger partial charge in [0.25, 0.3) is 5.91 Å². The summed E-state index contributed by atoms with van der Waals surface area (Å²) in [5, 5.41) is 6.90. The molecule has 3 aromatic rings. The maximum absolute atomic E-state index is 12.4. The van der Waals surface area contributed by atoms with Crippen molar-refractivity contribution >= 4 is 58.0 Å². The summed E-state index contributed by atoms with van der Waals surface area (Å²) in [4.78, 5) is 24.6. The SMILES string of the molecule is O=C(Cc1ccc(Cl)cc1)Nc1cccc(NC(=O)c2ccc(Cl)cc2Cl)c1. The van der Waals surface area contributed by atoms with E-state index in [1.807, 2.05) is 0 Å². The fourth-order valence-electron chi connectivity index (χ4n) is 2.54. The molecule has 28 heavy (non-hydrogen) atoms.